The van der Waals surface area contributed by atoms with Crippen molar-refractivity contribution in [3.8, 4) is 5.75 Å². The number of nitrogen functional groups attached to an aromatic ring is 1. The number of hydrogen-bond acceptors (Lipinski definition) is 4. The van der Waals surface area contributed by atoms with Gasteiger partial charge >= 0.3 is 0 Å². The molecular formula is C23H20INO2S. The largest absolute Gasteiger partial charge is 0.487 e. The minimum atomic E-state index is -0.0252. The Labute approximate surface area is 182 Å². The van der Waals surface area contributed by atoms with Gasteiger partial charge in [0.15, 0.2) is 0 Å². The fraction of sp³-hybridized carbons (Fsp3) is 0.174. The predicted octanol–water partition coefficient (Wildman–Crippen LogP) is 6.17. The van der Waals surface area contributed by atoms with Crippen LogP contribution in [0.5, 0.6) is 5.75 Å². The fourth-order valence-electron chi connectivity index (χ4n) is 3.30. The normalized spacial score (nSPS) is 13.9. The first-order valence-electron chi connectivity index (χ1n) is 9.15. The summed E-state index contributed by atoms with van der Waals surface area (Å²) in [5, 5.41) is 0.995. The molecule has 0 saturated carbocycles. The van der Waals surface area contributed by atoms with Crippen LogP contribution < -0.4 is 10.5 Å². The van der Waals surface area contributed by atoms with Crippen LogP contribution in [0.1, 0.15) is 28.1 Å². The molecule has 0 amide bonds. The van der Waals surface area contributed by atoms with E-state index in [2.05, 4.69) is 34.7 Å². The summed E-state index contributed by atoms with van der Waals surface area (Å²) in [5.74, 6) is 0.667. The lowest BCUT2D eigenvalue weighted by Crippen LogP contribution is -2.09. The van der Waals surface area contributed by atoms with E-state index >= 15 is 0 Å². The average molecular weight is 501 g/mol. The SMILES string of the molecule is Nc1ccc(C(=O)c2sc3ccccc3c2OCC2=C(CI)C=CCC2)cc1. The quantitative estimate of drug-likeness (QED) is 0.190. The molecule has 1 aliphatic carbocycles. The van der Waals surface area contributed by atoms with Gasteiger partial charge in [0.25, 0.3) is 0 Å². The van der Waals surface area contributed by atoms with E-state index in [0.717, 1.165) is 27.4 Å². The number of carbonyl (C=O) groups excluding carboxylic acids is 1. The van der Waals surface area contributed by atoms with E-state index in [9.17, 15) is 4.79 Å². The maximum atomic E-state index is 13.2. The molecule has 0 aliphatic heterocycles. The van der Waals surface area contributed by atoms with Gasteiger partial charge in [0.05, 0.1) is 0 Å². The molecule has 0 bridgehead atoms. The molecular weight excluding hydrogens is 481 g/mol. The Hall–Kier alpha value is -2.12. The highest BCUT2D eigenvalue weighted by Gasteiger charge is 2.22. The minimum absolute atomic E-state index is 0.0252. The van der Waals surface area contributed by atoms with Gasteiger partial charge < -0.3 is 10.5 Å². The topological polar surface area (TPSA) is 52.3 Å². The van der Waals surface area contributed by atoms with Crippen molar-refractivity contribution in [1.29, 1.82) is 0 Å². The molecule has 5 heteroatoms. The Morgan fingerprint density at radius 2 is 1.93 bits per heavy atom. The van der Waals surface area contributed by atoms with Crippen LogP contribution in [-0.4, -0.2) is 16.8 Å². The molecule has 3 aromatic rings. The number of halogens is 1. The fourth-order valence-corrected chi connectivity index (χ4v) is 5.21. The van der Waals surface area contributed by atoms with Crippen LogP contribution in [0.2, 0.25) is 0 Å². The summed E-state index contributed by atoms with van der Waals surface area (Å²) >= 11 is 3.88. The van der Waals surface area contributed by atoms with Crippen LogP contribution in [0.3, 0.4) is 0 Å². The van der Waals surface area contributed by atoms with E-state index in [-0.39, 0.29) is 5.78 Å². The number of nitrogens with two attached hydrogens (primary N) is 1. The number of fused-ring (bicyclic) bond motifs is 1. The second-order valence-electron chi connectivity index (χ2n) is 6.70. The first kappa shape index (κ1) is 19.2. The van der Waals surface area contributed by atoms with Gasteiger partial charge in [0, 0.05) is 25.8 Å². The van der Waals surface area contributed by atoms with Crippen molar-refractivity contribution >= 4 is 55.5 Å². The summed E-state index contributed by atoms with van der Waals surface area (Å²) in [6, 6.07) is 15.1. The molecule has 0 fully saturated rings. The van der Waals surface area contributed by atoms with Crippen molar-refractivity contribution < 1.29 is 9.53 Å². The van der Waals surface area contributed by atoms with E-state index < -0.39 is 0 Å². The Bertz CT molecular complexity index is 1080. The highest BCUT2D eigenvalue weighted by Crippen LogP contribution is 2.39. The summed E-state index contributed by atoms with van der Waals surface area (Å²) in [7, 11) is 0. The van der Waals surface area contributed by atoms with Crippen molar-refractivity contribution in [3.63, 3.8) is 0 Å². The molecule has 3 nitrogen and oxygen atoms in total. The molecule has 1 aromatic heterocycles. The number of ether oxygens (including phenoxy) is 1. The van der Waals surface area contributed by atoms with Crippen molar-refractivity contribution in [2.24, 2.45) is 0 Å². The van der Waals surface area contributed by atoms with Crippen molar-refractivity contribution in [1.82, 2.24) is 0 Å². The zero-order valence-corrected chi connectivity index (χ0v) is 18.3. The van der Waals surface area contributed by atoms with Crippen LogP contribution in [0.25, 0.3) is 10.1 Å². The van der Waals surface area contributed by atoms with Crippen molar-refractivity contribution in [2.75, 3.05) is 16.8 Å². The molecule has 1 aliphatic rings. The number of anilines is 1. The number of thiophene rings is 1. The zero-order chi connectivity index (χ0) is 19.5. The van der Waals surface area contributed by atoms with Gasteiger partial charge in [-0.3, -0.25) is 4.79 Å². The van der Waals surface area contributed by atoms with Gasteiger partial charge in [0.2, 0.25) is 5.78 Å². The lowest BCUT2D eigenvalue weighted by atomic mass is 9.99. The molecule has 0 unspecified atom stereocenters. The lowest BCUT2D eigenvalue weighted by molar-refractivity contribution is 0.103. The third-order valence-corrected chi connectivity index (χ3v) is 6.82. The molecule has 2 N–H and O–H groups in total. The van der Waals surface area contributed by atoms with Crippen LogP contribution in [0.15, 0.2) is 71.8 Å². The third-order valence-electron chi connectivity index (χ3n) is 4.85. The van der Waals surface area contributed by atoms with E-state index in [1.54, 1.807) is 24.3 Å². The van der Waals surface area contributed by atoms with E-state index in [0.29, 0.717) is 28.5 Å². The van der Waals surface area contributed by atoms with Gasteiger partial charge in [-0.25, -0.2) is 0 Å². The maximum Gasteiger partial charge on any atom is 0.206 e. The number of benzene rings is 2. The number of hydrogen-bond donors (Lipinski definition) is 1. The Morgan fingerprint density at radius 3 is 2.71 bits per heavy atom. The molecule has 1 heterocycles. The molecule has 4 rings (SSSR count). The molecule has 28 heavy (non-hydrogen) atoms. The number of ketones is 1. The predicted molar refractivity (Wildman–Crippen MR) is 126 cm³/mol. The smallest absolute Gasteiger partial charge is 0.206 e. The van der Waals surface area contributed by atoms with Gasteiger partial charge in [0.1, 0.15) is 17.2 Å². The van der Waals surface area contributed by atoms with Gasteiger partial charge in [-0.1, -0.05) is 46.9 Å². The highest BCUT2D eigenvalue weighted by molar-refractivity contribution is 14.1. The summed E-state index contributed by atoms with van der Waals surface area (Å²) in [5.41, 5.74) is 9.69. The molecule has 142 valence electrons. The molecule has 2 aromatic carbocycles. The molecule has 0 spiro atoms. The monoisotopic (exact) mass is 501 g/mol. The maximum absolute atomic E-state index is 13.2. The van der Waals surface area contributed by atoms with E-state index in [1.807, 2.05) is 24.3 Å². The highest BCUT2D eigenvalue weighted by atomic mass is 127. The Kier molecular flexibility index (Phi) is 5.82. The number of rotatable bonds is 6. The second-order valence-corrected chi connectivity index (χ2v) is 8.51. The van der Waals surface area contributed by atoms with Crippen molar-refractivity contribution in [3.05, 3.63) is 82.3 Å². The first-order valence-corrected chi connectivity index (χ1v) is 11.5. The second kappa shape index (κ2) is 8.49. The zero-order valence-electron chi connectivity index (χ0n) is 15.3. The van der Waals surface area contributed by atoms with Crippen molar-refractivity contribution in [2.45, 2.75) is 12.8 Å². The van der Waals surface area contributed by atoms with Crippen LogP contribution >= 0.6 is 33.9 Å². The summed E-state index contributed by atoms with van der Waals surface area (Å²) < 4.78 is 8.32. The van der Waals surface area contributed by atoms with Crippen LogP contribution in [-0.2, 0) is 0 Å². The number of alkyl halides is 1. The summed E-state index contributed by atoms with van der Waals surface area (Å²) in [6.45, 7) is 0.519. The van der Waals surface area contributed by atoms with E-state index in [1.165, 1.54) is 22.5 Å². The Balaban J connectivity index is 1.71. The van der Waals surface area contributed by atoms with Gasteiger partial charge in [-0.05, 0) is 60.4 Å². The summed E-state index contributed by atoms with van der Waals surface area (Å²) in [4.78, 5) is 13.8. The summed E-state index contributed by atoms with van der Waals surface area (Å²) in [6.07, 6.45) is 6.47. The number of allylic oxidation sites excluding steroid dienone is 3. The molecule has 0 atom stereocenters. The van der Waals surface area contributed by atoms with Gasteiger partial charge in [-0.15, -0.1) is 11.3 Å². The lowest BCUT2D eigenvalue weighted by Gasteiger charge is -2.16. The van der Waals surface area contributed by atoms with E-state index in [4.69, 9.17) is 10.5 Å². The van der Waals surface area contributed by atoms with Gasteiger partial charge in [-0.2, -0.15) is 0 Å². The van der Waals surface area contributed by atoms with Crippen LogP contribution in [0.4, 0.5) is 5.69 Å². The third kappa shape index (κ3) is 3.86. The average Bonchev–Trinajstić information content (AvgIpc) is 3.11. The Morgan fingerprint density at radius 1 is 1.14 bits per heavy atom. The molecule has 0 saturated heterocycles. The number of carbonyl (C=O) groups is 1. The van der Waals surface area contributed by atoms with Crippen LogP contribution in [0, 0.1) is 0 Å². The molecule has 0 radical (unpaired) electrons. The first-order chi connectivity index (χ1) is 13.7. The standard InChI is InChI=1S/C23H20INO2S/c24-13-16-5-1-2-6-17(16)14-27-22-19-7-3-4-8-20(19)28-23(22)21(26)15-9-11-18(25)12-10-15/h1,3-5,7-12H,2,6,13-14,25H2. The minimum Gasteiger partial charge on any atom is -0.487 e.